The van der Waals surface area contributed by atoms with E-state index in [2.05, 4.69) is 0 Å². The molecule has 0 aliphatic carbocycles. The molecule has 146 valence electrons. The molecule has 0 radical (unpaired) electrons. The highest BCUT2D eigenvalue weighted by atomic mass is 35.5. The maximum absolute atomic E-state index is 13.2. The highest BCUT2D eigenvalue weighted by Gasteiger charge is 2.24. The zero-order valence-corrected chi connectivity index (χ0v) is 16.3. The summed E-state index contributed by atoms with van der Waals surface area (Å²) in [5, 5.41) is -0.694. The molecule has 0 fully saturated rings. The maximum atomic E-state index is 13.2. The molecule has 27 heavy (non-hydrogen) atoms. The topological polar surface area (TPSA) is 53.8 Å². The SMILES string of the molecule is CCCN(CC(=O)N(Cc1ccc(F)cc1)Cc1ccco1)C(=O)[C@@H](C)Cl. The van der Waals surface area contributed by atoms with Gasteiger partial charge in [0.05, 0.1) is 19.4 Å². The minimum Gasteiger partial charge on any atom is -0.467 e. The van der Waals surface area contributed by atoms with E-state index >= 15 is 0 Å². The Hall–Kier alpha value is -2.34. The predicted molar refractivity (Wildman–Crippen MR) is 102 cm³/mol. The number of hydrogen-bond acceptors (Lipinski definition) is 3. The second kappa shape index (κ2) is 10.1. The van der Waals surface area contributed by atoms with Gasteiger partial charge in [0.1, 0.15) is 17.0 Å². The first-order chi connectivity index (χ1) is 12.9. The molecule has 0 saturated carbocycles. The van der Waals surface area contributed by atoms with Crippen molar-refractivity contribution in [2.75, 3.05) is 13.1 Å². The summed E-state index contributed by atoms with van der Waals surface area (Å²) in [7, 11) is 0. The summed E-state index contributed by atoms with van der Waals surface area (Å²) in [6.07, 6.45) is 2.26. The predicted octanol–water partition coefficient (Wildman–Crippen LogP) is 3.81. The van der Waals surface area contributed by atoms with Crippen LogP contribution in [0.25, 0.3) is 0 Å². The third-order valence-electron chi connectivity index (χ3n) is 4.04. The van der Waals surface area contributed by atoms with Gasteiger partial charge in [-0.15, -0.1) is 11.6 Å². The van der Waals surface area contributed by atoms with Crippen LogP contribution in [0.5, 0.6) is 0 Å². The molecular formula is C20H24ClFN2O3. The highest BCUT2D eigenvalue weighted by Crippen LogP contribution is 2.13. The van der Waals surface area contributed by atoms with Crippen LogP contribution < -0.4 is 0 Å². The minimum atomic E-state index is -0.694. The molecule has 0 aliphatic rings. The number of benzene rings is 1. The average Bonchev–Trinajstić information content (AvgIpc) is 3.15. The molecule has 0 saturated heterocycles. The van der Waals surface area contributed by atoms with Crippen LogP contribution in [0, 0.1) is 5.82 Å². The van der Waals surface area contributed by atoms with Crippen molar-refractivity contribution in [3.8, 4) is 0 Å². The van der Waals surface area contributed by atoms with Crippen LogP contribution in [0.3, 0.4) is 0 Å². The first kappa shape index (κ1) is 21.0. The van der Waals surface area contributed by atoms with Crippen molar-refractivity contribution in [3.63, 3.8) is 0 Å². The number of rotatable bonds is 9. The van der Waals surface area contributed by atoms with Crippen LogP contribution in [-0.2, 0) is 22.7 Å². The Morgan fingerprint density at radius 2 is 1.85 bits per heavy atom. The van der Waals surface area contributed by atoms with E-state index in [4.69, 9.17) is 16.0 Å². The number of carbonyl (C=O) groups excluding carboxylic acids is 2. The van der Waals surface area contributed by atoms with Gasteiger partial charge >= 0.3 is 0 Å². The summed E-state index contributed by atoms with van der Waals surface area (Å²) in [4.78, 5) is 28.2. The first-order valence-corrected chi connectivity index (χ1v) is 9.31. The second-order valence-electron chi connectivity index (χ2n) is 6.33. The van der Waals surface area contributed by atoms with E-state index in [1.54, 1.807) is 36.1 Å². The van der Waals surface area contributed by atoms with Crippen LogP contribution in [-0.4, -0.2) is 40.1 Å². The lowest BCUT2D eigenvalue weighted by atomic mass is 10.2. The smallest absolute Gasteiger partial charge is 0.242 e. The summed E-state index contributed by atoms with van der Waals surface area (Å²) in [5.74, 6) is -0.204. The summed E-state index contributed by atoms with van der Waals surface area (Å²) >= 11 is 5.91. The number of carbonyl (C=O) groups is 2. The molecule has 7 heteroatoms. The molecule has 2 aromatic rings. The van der Waals surface area contributed by atoms with E-state index in [0.29, 0.717) is 12.3 Å². The van der Waals surface area contributed by atoms with Gasteiger partial charge in [0, 0.05) is 13.1 Å². The average molecular weight is 395 g/mol. The van der Waals surface area contributed by atoms with Gasteiger partial charge < -0.3 is 14.2 Å². The Kier molecular flexibility index (Phi) is 7.85. The fourth-order valence-corrected chi connectivity index (χ4v) is 2.82. The monoisotopic (exact) mass is 394 g/mol. The fraction of sp³-hybridized carbons (Fsp3) is 0.400. The summed E-state index contributed by atoms with van der Waals surface area (Å²) < 4.78 is 18.5. The lowest BCUT2D eigenvalue weighted by Crippen LogP contribution is -2.44. The zero-order valence-electron chi connectivity index (χ0n) is 15.5. The molecule has 2 rings (SSSR count). The van der Waals surface area contributed by atoms with Gasteiger partial charge in [0.15, 0.2) is 0 Å². The summed E-state index contributed by atoms with van der Waals surface area (Å²) in [5.41, 5.74) is 0.787. The third kappa shape index (κ3) is 6.40. The van der Waals surface area contributed by atoms with Crippen molar-refractivity contribution in [1.29, 1.82) is 0 Å². The molecule has 5 nitrogen and oxygen atoms in total. The zero-order chi connectivity index (χ0) is 19.8. The van der Waals surface area contributed by atoms with E-state index in [1.807, 2.05) is 6.92 Å². The quantitative estimate of drug-likeness (QED) is 0.607. The Balaban J connectivity index is 2.15. The van der Waals surface area contributed by atoms with Gasteiger partial charge in [-0.05, 0) is 43.2 Å². The van der Waals surface area contributed by atoms with Crippen LogP contribution in [0.15, 0.2) is 47.1 Å². The molecule has 0 unspecified atom stereocenters. The minimum absolute atomic E-state index is 0.0639. The van der Waals surface area contributed by atoms with Crippen LogP contribution in [0.4, 0.5) is 4.39 Å². The Labute approximate surface area is 163 Å². The largest absolute Gasteiger partial charge is 0.467 e. The van der Waals surface area contributed by atoms with Gasteiger partial charge in [-0.25, -0.2) is 4.39 Å². The van der Waals surface area contributed by atoms with Gasteiger partial charge in [-0.3, -0.25) is 9.59 Å². The Morgan fingerprint density at radius 3 is 2.41 bits per heavy atom. The van der Waals surface area contributed by atoms with Crippen molar-refractivity contribution in [2.24, 2.45) is 0 Å². The lowest BCUT2D eigenvalue weighted by Gasteiger charge is -2.28. The van der Waals surface area contributed by atoms with Crippen LogP contribution in [0.1, 0.15) is 31.6 Å². The van der Waals surface area contributed by atoms with Crippen molar-refractivity contribution >= 4 is 23.4 Å². The van der Waals surface area contributed by atoms with Crippen LogP contribution >= 0.6 is 11.6 Å². The third-order valence-corrected chi connectivity index (χ3v) is 4.22. The molecular weight excluding hydrogens is 371 g/mol. The van der Waals surface area contributed by atoms with Crippen molar-refractivity contribution in [2.45, 2.75) is 38.7 Å². The number of furan rings is 1. The van der Waals surface area contributed by atoms with E-state index in [-0.39, 0.29) is 37.3 Å². The van der Waals surface area contributed by atoms with E-state index < -0.39 is 5.38 Å². The highest BCUT2D eigenvalue weighted by molar-refractivity contribution is 6.30. The number of halogens is 2. The molecule has 1 aromatic heterocycles. The maximum Gasteiger partial charge on any atom is 0.242 e. The van der Waals surface area contributed by atoms with E-state index in [1.165, 1.54) is 23.3 Å². The molecule has 0 bridgehead atoms. The molecule has 0 N–H and O–H groups in total. The van der Waals surface area contributed by atoms with E-state index in [9.17, 15) is 14.0 Å². The van der Waals surface area contributed by atoms with E-state index in [0.717, 1.165) is 12.0 Å². The summed E-state index contributed by atoms with van der Waals surface area (Å²) in [6.45, 7) is 4.45. The second-order valence-corrected chi connectivity index (χ2v) is 6.99. The molecule has 2 amide bonds. The molecule has 1 heterocycles. The molecule has 1 atom stereocenters. The Bertz CT molecular complexity index is 732. The van der Waals surface area contributed by atoms with Crippen molar-refractivity contribution < 1.29 is 18.4 Å². The number of hydrogen-bond donors (Lipinski definition) is 0. The molecule has 0 aliphatic heterocycles. The van der Waals surface area contributed by atoms with Gasteiger partial charge in [0.25, 0.3) is 0 Å². The number of amides is 2. The van der Waals surface area contributed by atoms with Gasteiger partial charge in [-0.2, -0.15) is 0 Å². The summed E-state index contributed by atoms with van der Waals surface area (Å²) in [6, 6.07) is 9.50. The lowest BCUT2D eigenvalue weighted by molar-refractivity contribution is -0.141. The van der Waals surface area contributed by atoms with Gasteiger partial charge in [-0.1, -0.05) is 19.1 Å². The number of nitrogens with zero attached hydrogens (tertiary/aromatic N) is 2. The standard InChI is InChI=1S/C20H24ClFN2O3/c1-3-10-23(20(26)15(2)21)14-19(25)24(13-18-5-4-11-27-18)12-16-6-8-17(22)9-7-16/h4-9,11,15H,3,10,12-14H2,1-2H3/t15-/m1/s1. The Morgan fingerprint density at radius 1 is 1.15 bits per heavy atom. The van der Waals surface area contributed by atoms with Crippen molar-refractivity contribution in [3.05, 3.63) is 59.8 Å². The first-order valence-electron chi connectivity index (χ1n) is 8.88. The normalized spacial score (nSPS) is 11.9. The molecule has 0 spiro atoms. The fourth-order valence-electron chi connectivity index (χ4n) is 2.69. The molecule has 1 aromatic carbocycles. The van der Waals surface area contributed by atoms with Crippen molar-refractivity contribution in [1.82, 2.24) is 9.80 Å². The number of alkyl halides is 1. The van der Waals surface area contributed by atoms with Crippen LogP contribution in [0.2, 0.25) is 0 Å². The van der Waals surface area contributed by atoms with Gasteiger partial charge in [0.2, 0.25) is 11.8 Å².